The van der Waals surface area contributed by atoms with Crippen LogP contribution in [0, 0.1) is 6.92 Å². The molecule has 2 rings (SSSR count). The van der Waals surface area contributed by atoms with Crippen molar-refractivity contribution < 1.29 is 14.7 Å². The van der Waals surface area contributed by atoms with E-state index in [2.05, 4.69) is 15.6 Å². The molecular formula is C14H12ClN3O3. The highest BCUT2D eigenvalue weighted by Crippen LogP contribution is 2.23. The Morgan fingerprint density at radius 2 is 1.90 bits per heavy atom. The lowest BCUT2D eigenvalue weighted by molar-refractivity contribution is 0.0692. The van der Waals surface area contributed by atoms with Gasteiger partial charge in [-0.15, -0.1) is 0 Å². The van der Waals surface area contributed by atoms with Crippen molar-refractivity contribution in [3.8, 4) is 0 Å². The molecule has 1 aromatic heterocycles. The van der Waals surface area contributed by atoms with Gasteiger partial charge in [-0.25, -0.2) is 14.6 Å². The number of halogens is 1. The summed E-state index contributed by atoms with van der Waals surface area (Å²) in [6.07, 6.45) is 1.34. The van der Waals surface area contributed by atoms with Crippen LogP contribution in [0.4, 0.5) is 16.2 Å². The summed E-state index contributed by atoms with van der Waals surface area (Å²) in [5.74, 6) is -1.22. The number of pyridine rings is 1. The molecule has 7 heteroatoms. The van der Waals surface area contributed by atoms with Crippen LogP contribution in [-0.2, 0) is 0 Å². The van der Waals surface area contributed by atoms with Crippen LogP contribution in [0.3, 0.4) is 0 Å². The number of carbonyl (C=O) groups excluding carboxylic acids is 1. The van der Waals surface area contributed by atoms with E-state index in [1.165, 1.54) is 18.3 Å². The number of hydrogen-bond donors (Lipinski definition) is 3. The molecular weight excluding hydrogens is 294 g/mol. The number of nitrogens with one attached hydrogen (secondary N) is 2. The number of rotatable bonds is 3. The SMILES string of the molecule is Cc1ccc(Cl)c(NC(=O)Nc2cccnc2C(=O)O)c1. The number of hydrogen-bond acceptors (Lipinski definition) is 3. The predicted molar refractivity (Wildman–Crippen MR) is 80.0 cm³/mol. The second-order valence-electron chi connectivity index (χ2n) is 4.27. The normalized spacial score (nSPS) is 10.0. The fraction of sp³-hybridized carbons (Fsp3) is 0.0714. The summed E-state index contributed by atoms with van der Waals surface area (Å²) in [7, 11) is 0. The highest BCUT2D eigenvalue weighted by molar-refractivity contribution is 6.33. The molecule has 0 aliphatic rings. The van der Waals surface area contributed by atoms with Crippen molar-refractivity contribution >= 4 is 35.0 Å². The van der Waals surface area contributed by atoms with Crippen LogP contribution in [0.15, 0.2) is 36.5 Å². The molecule has 0 fully saturated rings. The number of aromatic carboxylic acids is 1. The maximum Gasteiger partial charge on any atom is 0.356 e. The van der Waals surface area contributed by atoms with E-state index in [9.17, 15) is 9.59 Å². The number of carbonyl (C=O) groups is 2. The fourth-order valence-corrected chi connectivity index (χ4v) is 1.85. The monoisotopic (exact) mass is 305 g/mol. The molecule has 3 N–H and O–H groups in total. The van der Waals surface area contributed by atoms with Gasteiger partial charge in [-0.05, 0) is 36.8 Å². The van der Waals surface area contributed by atoms with Crippen LogP contribution >= 0.6 is 11.6 Å². The van der Waals surface area contributed by atoms with Crippen molar-refractivity contribution in [1.29, 1.82) is 0 Å². The molecule has 1 aromatic carbocycles. The summed E-state index contributed by atoms with van der Waals surface area (Å²) in [6.45, 7) is 1.86. The molecule has 1 heterocycles. The van der Waals surface area contributed by atoms with Crippen LogP contribution in [0.5, 0.6) is 0 Å². The molecule has 0 aliphatic carbocycles. The average Bonchev–Trinajstić information content (AvgIpc) is 2.43. The largest absolute Gasteiger partial charge is 0.476 e. The van der Waals surface area contributed by atoms with Gasteiger partial charge in [-0.1, -0.05) is 17.7 Å². The van der Waals surface area contributed by atoms with Gasteiger partial charge >= 0.3 is 12.0 Å². The summed E-state index contributed by atoms with van der Waals surface area (Å²) in [5.41, 5.74) is 1.24. The Morgan fingerprint density at radius 1 is 1.19 bits per heavy atom. The lowest BCUT2D eigenvalue weighted by Crippen LogP contribution is -2.21. The van der Waals surface area contributed by atoms with Gasteiger partial charge < -0.3 is 15.7 Å². The highest BCUT2D eigenvalue weighted by Gasteiger charge is 2.14. The number of carboxylic acid groups (broad SMARTS) is 1. The molecule has 0 saturated carbocycles. The number of aromatic nitrogens is 1. The molecule has 2 aromatic rings. The third kappa shape index (κ3) is 3.70. The first kappa shape index (κ1) is 14.8. The lowest BCUT2D eigenvalue weighted by Gasteiger charge is -2.10. The second kappa shape index (κ2) is 6.23. The van der Waals surface area contributed by atoms with Crippen molar-refractivity contribution in [2.75, 3.05) is 10.6 Å². The number of aryl methyl sites for hydroxylation is 1. The van der Waals surface area contributed by atoms with Gasteiger partial charge in [0, 0.05) is 6.20 Å². The van der Waals surface area contributed by atoms with E-state index in [1.54, 1.807) is 12.1 Å². The van der Waals surface area contributed by atoms with Crippen LogP contribution in [0.2, 0.25) is 5.02 Å². The Bertz CT molecular complexity index is 704. The van der Waals surface area contributed by atoms with Crippen LogP contribution in [0.25, 0.3) is 0 Å². The van der Waals surface area contributed by atoms with E-state index in [0.29, 0.717) is 10.7 Å². The molecule has 0 bridgehead atoms. The van der Waals surface area contributed by atoms with Crippen molar-refractivity contribution in [2.45, 2.75) is 6.92 Å². The molecule has 0 spiro atoms. The van der Waals surface area contributed by atoms with E-state index in [1.807, 2.05) is 13.0 Å². The van der Waals surface area contributed by atoms with E-state index in [4.69, 9.17) is 16.7 Å². The third-order valence-corrected chi connectivity index (χ3v) is 2.96. The smallest absolute Gasteiger partial charge is 0.356 e. The Morgan fingerprint density at radius 3 is 2.62 bits per heavy atom. The number of benzene rings is 1. The minimum absolute atomic E-state index is 0.103. The van der Waals surface area contributed by atoms with Gasteiger partial charge in [0.25, 0.3) is 0 Å². The summed E-state index contributed by atoms with van der Waals surface area (Å²) >= 11 is 5.98. The number of anilines is 2. The van der Waals surface area contributed by atoms with Crippen LogP contribution < -0.4 is 10.6 Å². The van der Waals surface area contributed by atoms with Crippen LogP contribution in [0.1, 0.15) is 16.1 Å². The molecule has 6 nitrogen and oxygen atoms in total. The van der Waals surface area contributed by atoms with Crippen molar-refractivity contribution in [3.05, 3.63) is 52.8 Å². The van der Waals surface area contributed by atoms with E-state index >= 15 is 0 Å². The quantitative estimate of drug-likeness (QED) is 0.810. The highest BCUT2D eigenvalue weighted by atomic mass is 35.5. The summed E-state index contributed by atoms with van der Waals surface area (Å²) < 4.78 is 0. The minimum Gasteiger partial charge on any atom is -0.476 e. The topological polar surface area (TPSA) is 91.3 Å². The van der Waals surface area contributed by atoms with E-state index in [0.717, 1.165) is 5.56 Å². The maximum atomic E-state index is 11.9. The standard InChI is InChI=1S/C14H12ClN3O3/c1-8-4-5-9(15)11(7-8)18-14(21)17-10-3-2-6-16-12(10)13(19)20/h2-7H,1H3,(H,19,20)(H2,17,18,21). The maximum absolute atomic E-state index is 11.9. The van der Waals surface area contributed by atoms with E-state index < -0.39 is 12.0 Å². The zero-order valence-electron chi connectivity index (χ0n) is 11.1. The number of nitrogens with zero attached hydrogens (tertiary/aromatic N) is 1. The molecule has 0 saturated heterocycles. The number of urea groups is 1. The average molecular weight is 306 g/mol. The first-order chi connectivity index (χ1) is 9.97. The molecule has 0 aliphatic heterocycles. The molecule has 0 atom stereocenters. The lowest BCUT2D eigenvalue weighted by atomic mass is 10.2. The number of amides is 2. The second-order valence-corrected chi connectivity index (χ2v) is 4.67. The molecule has 108 valence electrons. The van der Waals surface area contributed by atoms with E-state index in [-0.39, 0.29) is 11.4 Å². The van der Waals surface area contributed by atoms with Gasteiger partial charge in [0.1, 0.15) is 0 Å². The summed E-state index contributed by atoms with van der Waals surface area (Å²) in [5, 5.41) is 14.4. The molecule has 0 unspecified atom stereocenters. The van der Waals surface area contributed by atoms with Gasteiger partial charge in [-0.3, -0.25) is 0 Å². The molecule has 21 heavy (non-hydrogen) atoms. The summed E-state index contributed by atoms with van der Waals surface area (Å²) in [6, 6.07) is 7.57. The van der Waals surface area contributed by atoms with Crippen molar-refractivity contribution in [2.24, 2.45) is 0 Å². The zero-order valence-corrected chi connectivity index (χ0v) is 11.8. The summed E-state index contributed by atoms with van der Waals surface area (Å²) in [4.78, 5) is 26.6. The first-order valence-electron chi connectivity index (χ1n) is 6.00. The van der Waals surface area contributed by atoms with Gasteiger partial charge in [0.15, 0.2) is 5.69 Å². The Labute approximate surface area is 125 Å². The van der Waals surface area contributed by atoms with Crippen molar-refractivity contribution in [3.63, 3.8) is 0 Å². The van der Waals surface area contributed by atoms with Gasteiger partial charge in [0.05, 0.1) is 16.4 Å². The fourth-order valence-electron chi connectivity index (χ4n) is 1.69. The Balaban J connectivity index is 2.16. The minimum atomic E-state index is -1.22. The van der Waals surface area contributed by atoms with Crippen LogP contribution in [-0.4, -0.2) is 22.1 Å². The Kier molecular flexibility index (Phi) is 4.39. The first-order valence-corrected chi connectivity index (χ1v) is 6.37. The van der Waals surface area contributed by atoms with Gasteiger partial charge in [-0.2, -0.15) is 0 Å². The van der Waals surface area contributed by atoms with Crippen molar-refractivity contribution in [1.82, 2.24) is 4.98 Å². The number of carboxylic acids is 1. The predicted octanol–water partition coefficient (Wildman–Crippen LogP) is 3.39. The van der Waals surface area contributed by atoms with Gasteiger partial charge in [0.2, 0.25) is 0 Å². The zero-order chi connectivity index (χ0) is 15.4. The molecule has 0 radical (unpaired) electrons. The third-order valence-electron chi connectivity index (χ3n) is 2.63. The molecule has 2 amide bonds. The Hall–Kier alpha value is -2.60.